The summed E-state index contributed by atoms with van der Waals surface area (Å²) in [4.78, 5) is 34.0. The number of hydrogen-bond donors (Lipinski definition) is 1. The summed E-state index contributed by atoms with van der Waals surface area (Å²) in [6, 6.07) is 6.41. The van der Waals surface area contributed by atoms with E-state index in [1.165, 1.54) is 12.1 Å². The predicted octanol–water partition coefficient (Wildman–Crippen LogP) is 2.79. The number of fused-ring (bicyclic) bond motifs is 2. The number of aromatic nitrogens is 4. The molecular formula is C18H17N5O5. The maximum atomic E-state index is 11.9. The third-order valence-electron chi connectivity index (χ3n) is 4.45. The van der Waals surface area contributed by atoms with Gasteiger partial charge in [-0.05, 0) is 31.5 Å². The maximum absolute atomic E-state index is 11.9. The van der Waals surface area contributed by atoms with Crippen molar-refractivity contribution in [2.24, 2.45) is 0 Å². The number of aryl methyl sites for hydroxylation is 2. The first kappa shape index (κ1) is 17.9. The van der Waals surface area contributed by atoms with E-state index in [4.69, 9.17) is 9.15 Å². The van der Waals surface area contributed by atoms with Crippen LogP contribution in [0.2, 0.25) is 0 Å². The molecule has 0 unspecified atom stereocenters. The molecule has 0 spiro atoms. The summed E-state index contributed by atoms with van der Waals surface area (Å²) >= 11 is 0. The van der Waals surface area contributed by atoms with Gasteiger partial charge in [0.05, 0.1) is 28.1 Å². The fraction of sp³-hybridized carbons (Fsp3) is 0.278. The van der Waals surface area contributed by atoms with Crippen LogP contribution in [0.15, 0.2) is 33.5 Å². The monoisotopic (exact) mass is 383 g/mol. The van der Waals surface area contributed by atoms with Gasteiger partial charge in [-0.25, -0.2) is 9.97 Å². The van der Waals surface area contributed by atoms with Gasteiger partial charge in [-0.2, -0.15) is 0 Å². The molecule has 1 N–H and O–H groups in total. The number of ether oxygens (including phenoxy) is 1. The van der Waals surface area contributed by atoms with Crippen molar-refractivity contribution in [3.05, 3.63) is 50.4 Å². The lowest BCUT2D eigenvalue weighted by molar-refractivity contribution is -0.401. The molecule has 0 aliphatic carbocycles. The molecule has 28 heavy (non-hydrogen) atoms. The molecular weight excluding hydrogens is 366 g/mol. The lowest BCUT2D eigenvalue weighted by Crippen LogP contribution is -2.11. The number of H-pyrrole nitrogens is 1. The number of methoxy groups -OCH3 is 1. The summed E-state index contributed by atoms with van der Waals surface area (Å²) in [7, 11) is 1.62. The molecule has 144 valence electrons. The quantitative estimate of drug-likeness (QED) is 0.308. The van der Waals surface area contributed by atoms with Crippen LogP contribution >= 0.6 is 0 Å². The van der Waals surface area contributed by atoms with Crippen LogP contribution in [-0.2, 0) is 11.3 Å². The number of benzene rings is 1. The van der Waals surface area contributed by atoms with E-state index in [0.29, 0.717) is 53.4 Å². The molecule has 0 radical (unpaired) electrons. The zero-order chi connectivity index (χ0) is 19.8. The number of nitrogens with zero attached hydrogens (tertiary/aromatic N) is 4. The van der Waals surface area contributed by atoms with Gasteiger partial charge in [0.1, 0.15) is 10.6 Å². The summed E-state index contributed by atoms with van der Waals surface area (Å²) in [5.74, 6) is 0.410. The highest BCUT2D eigenvalue weighted by Crippen LogP contribution is 2.30. The summed E-state index contributed by atoms with van der Waals surface area (Å²) in [6.45, 7) is 2.77. The fourth-order valence-corrected chi connectivity index (χ4v) is 3.12. The van der Waals surface area contributed by atoms with E-state index in [1.807, 2.05) is 10.6 Å². The molecule has 10 heteroatoms. The van der Waals surface area contributed by atoms with Crippen LogP contribution in [0.5, 0.6) is 0 Å². The molecule has 4 aromatic rings. The maximum Gasteiger partial charge on any atom is 0.433 e. The molecule has 4 rings (SSSR count). The normalized spacial score (nSPS) is 11.5. The standard InChI is InChI=1S/C18H17N5O5/c1-10-18(24)21-11-8-13-14(9-12(11)19-10)22(6-3-7-27-2)17(20-13)15-4-5-16(28-15)23(25)26/h4-5,8-9H,3,6-7H2,1-2H3,(H,21,24). The highest BCUT2D eigenvalue weighted by molar-refractivity contribution is 5.92. The zero-order valence-corrected chi connectivity index (χ0v) is 15.3. The van der Waals surface area contributed by atoms with Crippen molar-refractivity contribution in [3.63, 3.8) is 0 Å². The minimum atomic E-state index is -0.590. The first-order valence-electron chi connectivity index (χ1n) is 8.62. The predicted molar refractivity (Wildman–Crippen MR) is 101 cm³/mol. The van der Waals surface area contributed by atoms with Crippen molar-refractivity contribution in [2.75, 3.05) is 13.7 Å². The Morgan fingerprint density at radius 3 is 2.82 bits per heavy atom. The first-order chi connectivity index (χ1) is 13.5. The van der Waals surface area contributed by atoms with E-state index in [2.05, 4.69) is 15.0 Å². The number of imidazole rings is 1. The lowest BCUT2D eigenvalue weighted by Gasteiger charge is -2.08. The van der Waals surface area contributed by atoms with E-state index < -0.39 is 4.92 Å². The molecule has 0 fully saturated rings. The Morgan fingerprint density at radius 1 is 1.29 bits per heavy atom. The van der Waals surface area contributed by atoms with Gasteiger partial charge in [0.15, 0.2) is 11.6 Å². The third kappa shape index (κ3) is 3.03. The average molecular weight is 383 g/mol. The van der Waals surface area contributed by atoms with E-state index in [9.17, 15) is 14.9 Å². The second-order valence-corrected chi connectivity index (χ2v) is 6.34. The van der Waals surface area contributed by atoms with Crippen LogP contribution in [0, 0.1) is 17.0 Å². The Morgan fingerprint density at radius 2 is 2.11 bits per heavy atom. The summed E-state index contributed by atoms with van der Waals surface area (Å²) < 4.78 is 12.4. The van der Waals surface area contributed by atoms with E-state index in [1.54, 1.807) is 20.1 Å². The smallest absolute Gasteiger partial charge is 0.397 e. The van der Waals surface area contributed by atoms with Crippen molar-refractivity contribution in [1.29, 1.82) is 0 Å². The van der Waals surface area contributed by atoms with Gasteiger partial charge in [0, 0.05) is 20.3 Å². The Bertz CT molecular complexity index is 1250. The average Bonchev–Trinajstić information content (AvgIpc) is 3.27. The molecule has 0 saturated carbocycles. The number of aromatic amines is 1. The van der Waals surface area contributed by atoms with Crippen LogP contribution in [-0.4, -0.2) is 38.2 Å². The Kier molecular flexibility index (Phi) is 4.40. The topological polar surface area (TPSA) is 129 Å². The molecule has 0 saturated heterocycles. The number of rotatable bonds is 6. The molecule has 3 aromatic heterocycles. The Balaban J connectivity index is 1.93. The van der Waals surface area contributed by atoms with Crippen molar-refractivity contribution < 1.29 is 14.1 Å². The zero-order valence-electron chi connectivity index (χ0n) is 15.3. The minimum absolute atomic E-state index is 0.256. The highest BCUT2D eigenvalue weighted by atomic mass is 16.6. The molecule has 0 aliphatic heterocycles. The van der Waals surface area contributed by atoms with Crippen LogP contribution in [0.3, 0.4) is 0 Å². The number of hydrogen-bond acceptors (Lipinski definition) is 7. The molecule has 0 aliphatic rings. The van der Waals surface area contributed by atoms with Gasteiger partial charge in [-0.15, -0.1) is 0 Å². The van der Waals surface area contributed by atoms with Gasteiger partial charge in [0.25, 0.3) is 5.56 Å². The molecule has 0 atom stereocenters. The van der Waals surface area contributed by atoms with Crippen molar-refractivity contribution >= 4 is 28.0 Å². The van der Waals surface area contributed by atoms with Crippen LogP contribution in [0.4, 0.5) is 5.88 Å². The van der Waals surface area contributed by atoms with E-state index >= 15 is 0 Å². The molecule has 10 nitrogen and oxygen atoms in total. The second kappa shape index (κ2) is 6.89. The fourth-order valence-electron chi connectivity index (χ4n) is 3.12. The molecule has 1 aromatic carbocycles. The van der Waals surface area contributed by atoms with Gasteiger partial charge < -0.3 is 18.7 Å². The SMILES string of the molecule is COCCCn1c(-c2ccc([N+](=O)[O-])o2)nc2cc3[nH]c(=O)c(C)nc3cc21. The number of nitrogens with one attached hydrogen (secondary N) is 1. The molecule has 0 amide bonds. The molecule has 0 bridgehead atoms. The van der Waals surface area contributed by atoms with Crippen molar-refractivity contribution in [2.45, 2.75) is 19.9 Å². The third-order valence-corrected chi connectivity index (χ3v) is 4.45. The minimum Gasteiger partial charge on any atom is -0.397 e. The largest absolute Gasteiger partial charge is 0.433 e. The first-order valence-corrected chi connectivity index (χ1v) is 8.62. The summed E-state index contributed by atoms with van der Waals surface area (Å²) in [6.07, 6.45) is 0.716. The van der Waals surface area contributed by atoms with Gasteiger partial charge in [0.2, 0.25) is 0 Å². The van der Waals surface area contributed by atoms with Gasteiger partial charge >= 0.3 is 5.88 Å². The van der Waals surface area contributed by atoms with Crippen LogP contribution in [0.25, 0.3) is 33.7 Å². The van der Waals surface area contributed by atoms with E-state index in [-0.39, 0.29) is 11.4 Å². The van der Waals surface area contributed by atoms with Gasteiger partial charge in [-0.3, -0.25) is 14.9 Å². The number of furan rings is 1. The van der Waals surface area contributed by atoms with Gasteiger partial charge in [-0.1, -0.05) is 0 Å². The lowest BCUT2D eigenvalue weighted by atomic mass is 10.2. The highest BCUT2D eigenvalue weighted by Gasteiger charge is 2.20. The van der Waals surface area contributed by atoms with Crippen molar-refractivity contribution in [1.82, 2.24) is 19.5 Å². The Labute approximate surface area is 157 Å². The number of nitro groups is 1. The summed E-state index contributed by atoms with van der Waals surface area (Å²) in [5.41, 5.74) is 2.74. The van der Waals surface area contributed by atoms with Crippen LogP contribution in [0.1, 0.15) is 12.1 Å². The second-order valence-electron chi connectivity index (χ2n) is 6.34. The van der Waals surface area contributed by atoms with Crippen molar-refractivity contribution in [3.8, 4) is 11.6 Å². The van der Waals surface area contributed by atoms with Crippen LogP contribution < -0.4 is 5.56 Å². The molecule has 3 heterocycles. The summed E-state index contributed by atoms with van der Waals surface area (Å²) in [5, 5.41) is 11.0. The Hall–Kier alpha value is -3.53. The van der Waals surface area contributed by atoms with E-state index in [0.717, 1.165) is 5.52 Å².